The van der Waals surface area contributed by atoms with E-state index in [1.807, 2.05) is 12.1 Å². The summed E-state index contributed by atoms with van der Waals surface area (Å²) < 4.78 is 1.38. The SMILES string of the molecule is N#Cc1ccc(NC(=O)C2CSCN2C(=O)Cn2c(=O)cnc3ccccc32)cc1. The molecule has 2 aromatic carbocycles. The molecule has 4 rings (SSSR count). The first-order chi connectivity index (χ1) is 14.6. The lowest BCUT2D eigenvalue weighted by Gasteiger charge is -2.23. The number of amides is 2. The van der Waals surface area contributed by atoms with Crippen LogP contribution in [0.3, 0.4) is 0 Å². The average molecular weight is 419 g/mol. The fraction of sp³-hybridized carbons (Fsp3) is 0.190. The molecule has 0 bridgehead atoms. The Kier molecular flexibility index (Phi) is 5.50. The van der Waals surface area contributed by atoms with E-state index in [2.05, 4.69) is 10.3 Å². The van der Waals surface area contributed by atoms with Crippen molar-refractivity contribution >= 4 is 40.3 Å². The number of rotatable bonds is 4. The number of hydrogen-bond acceptors (Lipinski definition) is 6. The second-order valence-corrected chi connectivity index (χ2v) is 7.73. The third-order valence-electron chi connectivity index (χ3n) is 4.83. The summed E-state index contributed by atoms with van der Waals surface area (Å²) in [5.74, 6) is 0.241. The van der Waals surface area contributed by atoms with Crippen molar-refractivity contribution in [3.05, 3.63) is 70.6 Å². The summed E-state index contributed by atoms with van der Waals surface area (Å²) in [6.07, 6.45) is 1.20. The van der Waals surface area contributed by atoms with Gasteiger partial charge in [-0.2, -0.15) is 5.26 Å². The molecule has 1 atom stereocenters. The van der Waals surface area contributed by atoms with Crippen LogP contribution in [0.15, 0.2) is 59.5 Å². The molecule has 0 radical (unpaired) electrons. The molecule has 1 fully saturated rings. The van der Waals surface area contributed by atoms with Gasteiger partial charge in [0.1, 0.15) is 12.6 Å². The molecule has 1 N–H and O–H groups in total. The lowest BCUT2D eigenvalue weighted by atomic mass is 10.2. The number of carbonyl (C=O) groups excluding carboxylic acids is 2. The molecule has 1 aliphatic heterocycles. The summed E-state index contributed by atoms with van der Waals surface area (Å²) in [6, 6.07) is 15.0. The van der Waals surface area contributed by atoms with Gasteiger partial charge in [0.2, 0.25) is 11.8 Å². The molecule has 2 heterocycles. The fourth-order valence-corrected chi connectivity index (χ4v) is 4.44. The third-order valence-corrected chi connectivity index (χ3v) is 5.85. The molecule has 1 aliphatic rings. The van der Waals surface area contributed by atoms with Gasteiger partial charge in [0, 0.05) is 11.4 Å². The standard InChI is InChI=1S/C21H17N5O3S/c22-9-14-5-7-15(8-6-14)24-21(29)18-12-30-13-26(18)20(28)11-25-17-4-2-1-3-16(17)23-10-19(25)27/h1-8,10,18H,11-13H2,(H,24,29). The molecule has 1 aromatic heterocycles. The number of nitrogens with zero attached hydrogens (tertiary/aromatic N) is 4. The van der Waals surface area contributed by atoms with Crippen LogP contribution in [0.25, 0.3) is 11.0 Å². The Bertz CT molecular complexity index is 1220. The van der Waals surface area contributed by atoms with Crippen molar-refractivity contribution < 1.29 is 9.59 Å². The van der Waals surface area contributed by atoms with Crippen molar-refractivity contribution in [2.45, 2.75) is 12.6 Å². The minimum Gasteiger partial charge on any atom is -0.324 e. The highest BCUT2D eigenvalue weighted by molar-refractivity contribution is 7.99. The van der Waals surface area contributed by atoms with Crippen molar-refractivity contribution in [3.63, 3.8) is 0 Å². The Balaban J connectivity index is 1.51. The van der Waals surface area contributed by atoms with Crippen LogP contribution >= 0.6 is 11.8 Å². The highest BCUT2D eigenvalue weighted by Gasteiger charge is 2.34. The van der Waals surface area contributed by atoms with Gasteiger partial charge in [0.05, 0.1) is 34.7 Å². The van der Waals surface area contributed by atoms with E-state index in [0.29, 0.717) is 33.9 Å². The van der Waals surface area contributed by atoms with E-state index in [1.54, 1.807) is 42.5 Å². The Hall–Kier alpha value is -3.64. The van der Waals surface area contributed by atoms with Crippen molar-refractivity contribution in [1.82, 2.24) is 14.5 Å². The van der Waals surface area contributed by atoms with Gasteiger partial charge in [-0.25, -0.2) is 4.98 Å². The van der Waals surface area contributed by atoms with Crippen molar-refractivity contribution in [1.29, 1.82) is 5.26 Å². The largest absolute Gasteiger partial charge is 0.324 e. The molecule has 9 heteroatoms. The predicted molar refractivity (Wildman–Crippen MR) is 114 cm³/mol. The molecule has 1 saturated heterocycles. The molecule has 150 valence electrons. The lowest BCUT2D eigenvalue weighted by molar-refractivity contribution is -0.136. The van der Waals surface area contributed by atoms with Gasteiger partial charge in [-0.3, -0.25) is 19.0 Å². The number of carbonyl (C=O) groups is 2. The van der Waals surface area contributed by atoms with E-state index >= 15 is 0 Å². The van der Waals surface area contributed by atoms with Crippen molar-refractivity contribution in [2.75, 3.05) is 16.9 Å². The molecule has 0 aliphatic carbocycles. The van der Waals surface area contributed by atoms with Gasteiger partial charge in [-0.15, -0.1) is 11.8 Å². The maximum atomic E-state index is 13.0. The maximum absolute atomic E-state index is 13.0. The zero-order valence-corrected chi connectivity index (χ0v) is 16.6. The van der Waals surface area contributed by atoms with Gasteiger partial charge in [0.15, 0.2) is 0 Å². The molecule has 30 heavy (non-hydrogen) atoms. The molecule has 2 amide bonds. The minimum absolute atomic E-state index is 0.164. The van der Waals surface area contributed by atoms with Crippen molar-refractivity contribution in [3.8, 4) is 6.07 Å². The number of fused-ring (bicyclic) bond motifs is 1. The Labute approximate surface area is 176 Å². The number of hydrogen-bond donors (Lipinski definition) is 1. The minimum atomic E-state index is -0.637. The second kappa shape index (κ2) is 8.39. The predicted octanol–water partition coefficient (Wildman–Crippen LogP) is 1.81. The summed E-state index contributed by atoms with van der Waals surface area (Å²) >= 11 is 1.48. The molecule has 0 saturated carbocycles. The van der Waals surface area contributed by atoms with E-state index in [1.165, 1.54) is 27.4 Å². The zero-order valence-electron chi connectivity index (χ0n) is 15.8. The average Bonchev–Trinajstić information content (AvgIpc) is 3.26. The summed E-state index contributed by atoms with van der Waals surface area (Å²) in [6.45, 7) is -0.164. The van der Waals surface area contributed by atoms with E-state index in [-0.39, 0.29) is 23.9 Å². The van der Waals surface area contributed by atoms with Crippen LogP contribution in [0, 0.1) is 11.3 Å². The van der Waals surface area contributed by atoms with E-state index in [4.69, 9.17) is 5.26 Å². The Morgan fingerprint density at radius 2 is 1.97 bits per heavy atom. The van der Waals surface area contributed by atoms with Crippen LogP contribution < -0.4 is 10.9 Å². The van der Waals surface area contributed by atoms with Gasteiger partial charge in [-0.05, 0) is 36.4 Å². The number of thioether (sulfide) groups is 1. The number of nitrogens with one attached hydrogen (secondary N) is 1. The van der Waals surface area contributed by atoms with Crippen molar-refractivity contribution in [2.24, 2.45) is 0 Å². The van der Waals surface area contributed by atoms with Crippen LogP contribution in [-0.2, 0) is 16.1 Å². The Morgan fingerprint density at radius 1 is 1.20 bits per heavy atom. The normalized spacial score (nSPS) is 15.7. The summed E-state index contributed by atoms with van der Waals surface area (Å²) in [5.41, 5.74) is 1.88. The number of aromatic nitrogens is 2. The summed E-state index contributed by atoms with van der Waals surface area (Å²) in [5, 5.41) is 11.7. The highest BCUT2D eigenvalue weighted by atomic mass is 32.2. The molecule has 3 aromatic rings. The lowest BCUT2D eigenvalue weighted by Crippen LogP contribution is -2.46. The molecular weight excluding hydrogens is 402 g/mol. The van der Waals surface area contributed by atoms with E-state index in [9.17, 15) is 14.4 Å². The summed E-state index contributed by atoms with van der Waals surface area (Å²) in [7, 11) is 0. The van der Waals surface area contributed by atoms with Crippen LogP contribution in [0.5, 0.6) is 0 Å². The number of benzene rings is 2. The quantitative estimate of drug-likeness (QED) is 0.691. The van der Waals surface area contributed by atoms with Crippen LogP contribution in [0.4, 0.5) is 5.69 Å². The van der Waals surface area contributed by atoms with Gasteiger partial charge < -0.3 is 10.2 Å². The monoisotopic (exact) mass is 419 g/mol. The number of anilines is 1. The summed E-state index contributed by atoms with van der Waals surface area (Å²) in [4.78, 5) is 43.6. The second-order valence-electron chi connectivity index (χ2n) is 6.73. The van der Waals surface area contributed by atoms with Crippen LogP contribution in [0.1, 0.15) is 5.56 Å². The van der Waals surface area contributed by atoms with Gasteiger partial charge in [-0.1, -0.05) is 12.1 Å². The van der Waals surface area contributed by atoms with E-state index < -0.39 is 6.04 Å². The van der Waals surface area contributed by atoms with E-state index in [0.717, 1.165) is 0 Å². The number of nitriles is 1. The molecule has 8 nitrogen and oxygen atoms in total. The first-order valence-corrected chi connectivity index (χ1v) is 10.3. The molecule has 1 unspecified atom stereocenters. The molecule has 0 spiro atoms. The first-order valence-electron chi connectivity index (χ1n) is 9.19. The smallest absolute Gasteiger partial charge is 0.269 e. The highest BCUT2D eigenvalue weighted by Crippen LogP contribution is 2.23. The Morgan fingerprint density at radius 3 is 2.73 bits per heavy atom. The first kappa shape index (κ1) is 19.7. The topological polar surface area (TPSA) is 108 Å². The van der Waals surface area contributed by atoms with Gasteiger partial charge in [0.25, 0.3) is 5.56 Å². The van der Waals surface area contributed by atoms with Crippen LogP contribution in [-0.4, -0.2) is 43.9 Å². The fourth-order valence-electron chi connectivity index (χ4n) is 3.26. The maximum Gasteiger partial charge on any atom is 0.269 e. The number of para-hydroxylation sites is 2. The van der Waals surface area contributed by atoms with Crippen LogP contribution in [0.2, 0.25) is 0 Å². The molecular formula is C21H17N5O3S. The third kappa shape index (κ3) is 3.90. The zero-order chi connectivity index (χ0) is 21.1. The van der Waals surface area contributed by atoms with Gasteiger partial charge >= 0.3 is 0 Å².